The first-order valence-electron chi connectivity index (χ1n) is 7.89. The maximum atomic E-state index is 12.6. The molecule has 1 aromatic heterocycles. The van der Waals surface area contributed by atoms with E-state index in [1.807, 2.05) is 42.3 Å². The molecule has 6 nitrogen and oxygen atoms in total. The molecule has 0 saturated heterocycles. The van der Waals surface area contributed by atoms with Gasteiger partial charge in [-0.15, -0.1) is 0 Å². The number of para-hydroxylation sites is 1. The second-order valence-electron chi connectivity index (χ2n) is 5.45. The van der Waals surface area contributed by atoms with E-state index in [1.165, 1.54) is 6.20 Å². The molecule has 0 amide bonds. The monoisotopic (exact) mass is 325 g/mol. The number of ether oxygens (including phenoxy) is 1. The molecule has 0 saturated carbocycles. The first-order chi connectivity index (χ1) is 11.6. The highest BCUT2D eigenvalue weighted by Crippen LogP contribution is 2.25. The van der Waals surface area contributed by atoms with Gasteiger partial charge in [0.15, 0.2) is 5.82 Å². The summed E-state index contributed by atoms with van der Waals surface area (Å²) in [4.78, 5) is 30.8. The zero-order valence-corrected chi connectivity index (χ0v) is 13.7. The zero-order valence-electron chi connectivity index (χ0n) is 13.7. The first-order valence-corrected chi connectivity index (χ1v) is 7.89. The molecule has 1 aliphatic heterocycles. The summed E-state index contributed by atoms with van der Waals surface area (Å²) in [6, 6.07) is 9.85. The van der Waals surface area contributed by atoms with Crippen molar-refractivity contribution in [1.29, 1.82) is 0 Å². The molecule has 2 heterocycles. The summed E-state index contributed by atoms with van der Waals surface area (Å²) in [7, 11) is 1.93. The number of nitrogens with zero attached hydrogens (tertiary/aromatic N) is 3. The van der Waals surface area contributed by atoms with Gasteiger partial charge in [-0.2, -0.15) is 0 Å². The van der Waals surface area contributed by atoms with Crippen molar-refractivity contribution in [1.82, 2.24) is 9.55 Å². The molecule has 0 unspecified atom stereocenters. The number of hydrogen-bond donors (Lipinski definition) is 0. The Kier molecular flexibility index (Phi) is 4.46. The van der Waals surface area contributed by atoms with Crippen molar-refractivity contribution in [2.45, 2.75) is 19.9 Å². The number of esters is 1. The van der Waals surface area contributed by atoms with Crippen molar-refractivity contribution in [2.24, 2.45) is 0 Å². The maximum absolute atomic E-state index is 12.6. The van der Waals surface area contributed by atoms with Gasteiger partial charge >= 0.3 is 5.97 Å². The molecular weight excluding hydrogens is 306 g/mol. The minimum atomic E-state index is -0.627. The molecule has 0 spiro atoms. The molecule has 124 valence electrons. The van der Waals surface area contributed by atoms with Gasteiger partial charge in [0.05, 0.1) is 12.3 Å². The van der Waals surface area contributed by atoms with E-state index in [-0.39, 0.29) is 17.7 Å². The lowest BCUT2D eigenvalue weighted by Crippen LogP contribution is -2.34. The summed E-state index contributed by atoms with van der Waals surface area (Å²) in [6.45, 7) is 2.43. The molecule has 0 radical (unpaired) electrons. The quantitative estimate of drug-likeness (QED) is 0.807. The van der Waals surface area contributed by atoms with Crippen LogP contribution in [0.2, 0.25) is 0 Å². The summed E-state index contributed by atoms with van der Waals surface area (Å²) < 4.78 is 6.47. The highest BCUT2D eigenvalue weighted by Gasteiger charge is 2.23. The molecule has 0 aliphatic carbocycles. The second kappa shape index (κ2) is 6.70. The van der Waals surface area contributed by atoms with Gasteiger partial charge in [0.2, 0.25) is 0 Å². The Morgan fingerprint density at radius 2 is 2.08 bits per heavy atom. The molecule has 2 aromatic rings. The Morgan fingerprint density at radius 3 is 2.79 bits per heavy atom. The van der Waals surface area contributed by atoms with E-state index < -0.39 is 5.97 Å². The fourth-order valence-electron chi connectivity index (χ4n) is 2.75. The summed E-state index contributed by atoms with van der Waals surface area (Å²) >= 11 is 0. The van der Waals surface area contributed by atoms with Crippen molar-refractivity contribution in [3.05, 3.63) is 64.3 Å². The molecule has 1 aliphatic rings. The summed E-state index contributed by atoms with van der Waals surface area (Å²) in [5.41, 5.74) is 1.47. The van der Waals surface area contributed by atoms with Gasteiger partial charge in [0.1, 0.15) is 5.56 Å². The average molecular weight is 325 g/mol. The van der Waals surface area contributed by atoms with Crippen LogP contribution in [0.3, 0.4) is 0 Å². The Balaban J connectivity index is 2.02. The average Bonchev–Trinajstić information content (AvgIpc) is 2.62. The highest BCUT2D eigenvalue weighted by atomic mass is 16.5. The van der Waals surface area contributed by atoms with Crippen LogP contribution in [0.1, 0.15) is 29.5 Å². The topological polar surface area (TPSA) is 64.4 Å². The van der Waals surface area contributed by atoms with Crippen molar-refractivity contribution in [3.63, 3.8) is 0 Å². The van der Waals surface area contributed by atoms with E-state index in [9.17, 15) is 9.59 Å². The largest absolute Gasteiger partial charge is 0.462 e. The van der Waals surface area contributed by atoms with Gasteiger partial charge < -0.3 is 9.64 Å². The molecule has 0 atom stereocenters. The minimum Gasteiger partial charge on any atom is -0.462 e. The van der Waals surface area contributed by atoms with Gasteiger partial charge in [-0.05, 0) is 25.5 Å². The summed E-state index contributed by atoms with van der Waals surface area (Å²) in [6.07, 6.45) is 4.07. The van der Waals surface area contributed by atoms with Crippen LogP contribution in [0.15, 0.2) is 47.4 Å². The molecular formula is C18H19N3O3. The third-order valence-corrected chi connectivity index (χ3v) is 3.97. The van der Waals surface area contributed by atoms with Crippen LogP contribution < -0.4 is 10.5 Å². The standard InChI is InChI=1S/C18H19N3O3/c1-3-24-18(23)14-12-19-16-15(10-7-11-21(16)17(14)22)20(2)13-8-5-4-6-9-13/h4-6,8-10,12H,3,7,11H2,1-2H3. The van der Waals surface area contributed by atoms with E-state index in [2.05, 4.69) is 11.1 Å². The van der Waals surface area contributed by atoms with Gasteiger partial charge in [-0.1, -0.05) is 24.3 Å². The predicted molar refractivity (Wildman–Crippen MR) is 91.9 cm³/mol. The number of benzene rings is 1. The molecule has 24 heavy (non-hydrogen) atoms. The van der Waals surface area contributed by atoms with Gasteiger partial charge in [0, 0.05) is 25.5 Å². The second-order valence-corrected chi connectivity index (χ2v) is 5.45. The highest BCUT2D eigenvalue weighted by molar-refractivity contribution is 5.89. The van der Waals surface area contributed by atoms with E-state index in [0.717, 1.165) is 11.4 Å². The van der Waals surface area contributed by atoms with Crippen molar-refractivity contribution in [2.75, 3.05) is 18.6 Å². The Morgan fingerprint density at radius 1 is 1.33 bits per heavy atom. The van der Waals surface area contributed by atoms with E-state index in [1.54, 1.807) is 11.5 Å². The first kappa shape index (κ1) is 16.0. The number of carbonyl (C=O) groups is 1. The van der Waals surface area contributed by atoms with Crippen LogP contribution in [0.4, 0.5) is 5.69 Å². The van der Waals surface area contributed by atoms with Crippen LogP contribution in [-0.2, 0) is 11.3 Å². The van der Waals surface area contributed by atoms with E-state index >= 15 is 0 Å². The van der Waals surface area contributed by atoms with Crippen LogP contribution in [0.5, 0.6) is 0 Å². The normalized spacial score (nSPS) is 13.0. The maximum Gasteiger partial charge on any atom is 0.345 e. The van der Waals surface area contributed by atoms with Gasteiger partial charge in [-0.3, -0.25) is 9.36 Å². The van der Waals surface area contributed by atoms with Crippen LogP contribution >= 0.6 is 0 Å². The molecule has 0 N–H and O–H groups in total. The van der Waals surface area contributed by atoms with Crippen molar-refractivity contribution < 1.29 is 9.53 Å². The third-order valence-electron chi connectivity index (χ3n) is 3.97. The fraction of sp³-hybridized carbons (Fsp3) is 0.278. The predicted octanol–water partition coefficient (Wildman–Crippen LogP) is 2.30. The Hall–Kier alpha value is -2.89. The SMILES string of the molecule is CCOC(=O)c1cnc2n(c1=O)CCC=C2N(C)c1ccccc1. The number of fused-ring (bicyclic) bond motifs is 1. The molecule has 0 fully saturated rings. The van der Waals surface area contributed by atoms with Crippen LogP contribution in [0.25, 0.3) is 5.70 Å². The lowest BCUT2D eigenvalue weighted by Gasteiger charge is -2.27. The number of allylic oxidation sites excluding steroid dienone is 1. The van der Waals surface area contributed by atoms with E-state index in [0.29, 0.717) is 18.8 Å². The van der Waals surface area contributed by atoms with Crippen molar-refractivity contribution in [3.8, 4) is 0 Å². The van der Waals surface area contributed by atoms with Crippen molar-refractivity contribution >= 4 is 17.4 Å². The Bertz CT molecular complexity index is 840. The number of anilines is 1. The molecule has 6 heteroatoms. The number of carbonyl (C=O) groups excluding carboxylic acids is 1. The van der Waals surface area contributed by atoms with Crippen LogP contribution in [-0.4, -0.2) is 29.2 Å². The van der Waals surface area contributed by atoms with E-state index in [4.69, 9.17) is 4.74 Å². The molecule has 0 bridgehead atoms. The van der Waals surface area contributed by atoms with Gasteiger partial charge in [-0.25, -0.2) is 9.78 Å². The lowest BCUT2D eigenvalue weighted by molar-refractivity contribution is 0.0523. The third kappa shape index (κ3) is 2.82. The zero-order chi connectivity index (χ0) is 17.1. The lowest BCUT2D eigenvalue weighted by atomic mass is 10.1. The molecule has 1 aromatic carbocycles. The Labute approximate surface area is 140 Å². The summed E-state index contributed by atoms with van der Waals surface area (Å²) in [5.74, 6) is -0.0662. The smallest absolute Gasteiger partial charge is 0.345 e. The molecule has 3 rings (SSSR count). The van der Waals surface area contributed by atoms with Crippen LogP contribution in [0, 0.1) is 0 Å². The fourth-order valence-corrected chi connectivity index (χ4v) is 2.75. The minimum absolute atomic E-state index is 0.0239. The number of aromatic nitrogens is 2. The van der Waals surface area contributed by atoms with Gasteiger partial charge in [0.25, 0.3) is 5.56 Å². The summed E-state index contributed by atoms with van der Waals surface area (Å²) in [5, 5.41) is 0. The number of hydrogen-bond acceptors (Lipinski definition) is 5. The number of rotatable bonds is 4.